The second kappa shape index (κ2) is 10.3. The largest absolute Gasteiger partial charge is 0.417 e. The predicted octanol–water partition coefficient (Wildman–Crippen LogP) is 6.03. The van der Waals surface area contributed by atoms with Crippen molar-refractivity contribution in [3.63, 3.8) is 0 Å². The Morgan fingerprint density at radius 3 is 2.29 bits per heavy atom. The Bertz CT molecular complexity index is 1480. The summed E-state index contributed by atoms with van der Waals surface area (Å²) in [6, 6.07) is 16.4. The van der Waals surface area contributed by atoms with Crippen LogP contribution in [0.1, 0.15) is 17.0 Å². The molecule has 0 spiro atoms. The molecular formula is C27H23Cl2F3N2O3S. The molecule has 0 aromatic heterocycles. The Labute approximate surface area is 228 Å². The molecule has 2 aliphatic heterocycles. The summed E-state index contributed by atoms with van der Waals surface area (Å²) in [5, 5.41) is 11.8. The molecule has 3 aromatic rings. The van der Waals surface area contributed by atoms with E-state index in [2.05, 4.69) is 0 Å². The van der Waals surface area contributed by atoms with Gasteiger partial charge in [0.25, 0.3) is 0 Å². The van der Waals surface area contributed by atoms with E-state index in [4.69, 9.17) is 23.2 Å². The van der Waals surface area contributed by atoms with Crippen molar-refractivity contribution in [1.29, 1.82) is 0 Å². The fourth-order valence-electron chi connectivity index (χ4n) is 5.11. The van der Waals surface area contributed by atoms with Gasteiger partial charge in [0.2, 0.25) is 10.0 Å². The summed E-state index contributed by atoms with van der Waals surface area (Å²) in [6.45, 7) is 0.238. The lowest BCUT2D eigenvalue weighted by Crippen LogP contribution is -2.66. The van der Waals surface area contributed by atoms with E-state index in [1.54, 1.807) is 29.2 Å². The fourth-order valence-corrected chi connectivity index (χ4v) is 7.14. The van der Waals surface area contributed by atoms with Gasteiger partial charge < -0.3 is 5.11 Å². The third kappa shape index (κ3) is 4.87. The van der Waals surface area contributed by atoms with Gasteiger partial charge in [0.15, 0.2) is 0 Å². The molecular weight excluding hydrogens is 560 g/mol. The molecule has 1 saturated heterocycles. The Morgan fingerprint density at radius 1 is 0.895 bits per heavy atom. The molecule has 1 N–H and O–H groups in total. The highest BCUT2D eigenvalue weighted by Gasteiger charge is 2.50. The maximum atomic E-state index is 13.6. The first-order valence-electron chi connectivity index (χ1n) is 11.8. The van der Waals surface area contributed by atoms with Crippen LogP contribution in [0.4, 0.5) is 13.2 Å². The molecule has 5 nitrogen and oxygen atoms in total. The van der Waals surface area contributed by atoms with Crippen LogP contribution in [-0.4, -0.2) is 54.6 Å². The Kier molecular flexibility index (Phi) is 7.36. The molecule has 5 rings (SSSR count). The van der Waals surface area contributed by atoms with Crippen LogP contribution in [0.25, 0.3) is 11.1 Å². The highest BCUT2D eigenvalue weighted by molar-refractivity contribution is 7.89. The zero-order chi connectivity index (χ0) is 27.2. The highest BCUT2D eigenvalue weighted by atomic mass is 35.5. The number of nitrogens with zero attached hydrogens (tertiary/aromatic N) is 2. The van der Waals surface area contributed by atoms with Crippen molar-refractivity contribution >= 4 is 33.2 Å². The molecule has 0 saturated carbocycles. The third-order valence-corrected chi connectivity index (χ3v) is 9.76. The van der Waals surface area contributed by atoms with Gasteiger partial charge in [0, 0.05) is 37.2 Å². The summed E-state index contributed by atoms with van der Waals surface area (Å²) >= 11 is 12.5. The lowest BCUT2D eigenvalue weighted by atomic mass is 9.79. The standard InChI is InChI=1S/C27H23Cl2F3N2O3S/c28-21-8-5-6-19(25(21)29)17-10-12-18(13-11-17)24-22-16-33(14-3-4-15-34(22)26(24)35)38(36,37)23-9-2-1-7-20(23)27(30,31)32/h1-13,22,24,26,35H,14-16H2/b4-3-/t22-,24-,26+/m0/s1. The molecule has 2 heterocycles. The number of rotatable bonds is 4. The predicted molar refractivity (Wildman–Crippen MR) is 140 cm³/mol. The zero-order valence-electron chi connectivity index (χ0n) is 19.8. The Balaban J connectivity index is 1.45. The van der Waals surface area contributed by atoms with E-state index in [-0.39, 0.29) is 13.1 Å². The smallest absolute Gasteiger partial charge is 0.378 e. The van der Waals surface area contributed by atoms with Crippen molar-refractivity contribution in [1.82, 2.24) is 9.21 Å². The summed E-state index contributed by atoms with van der Waals surface area (Å²) in [4.78, 5) is 0.951. The van der Waals surface area contributed by atoms with E-state index in [1.165, 1.54) is 6.07 Å². The number of alkyl halides is 3. The van der Waals surface area contributed by atoms with Gasteiger partial charge in [-0.1, -0.05) is 83.9 Å². The number of hydrogen-bond donors (Lipinski definition) is 1. The summed E-state index contributed by atoms with van der Waals surface area (Å²) < 4.78 is 68.9. The van der Waals surface area contributed by atoms with Crippen LogP contribution in [0, 0.1) is 0 Å². The number of fused-ring (bicyclic) bond motifs is 1. The number of hydrogen-bond acceptors (Lipinski definition) is 4. The van der Waals surface area contributed by atoms with Crippen molar-refractivity contribution in [3.05, 3.63) is 100 Å². The topological polar surface area (TPSA) is 60.9 Å². The van der Waals surface area contributed by atoms with Gasteiger partial charge in [-0.3, -0.25) is 4.90 Å². The van der Waals surface area contributed by atoms with Crippen LogP contribution in [0.15, 0.2) is 83.8 Å². The van der Waals surface area contributed by atoms with Crippen LogP contribution >= 0.6 is 23.2 Å². The molecule has 200 valence electrons. The molecule has 11 heteroatoms. The lowest BCUT2D eigenvalue weighted by Gasteiger charge is -2.54. The van der Waals surface area contributed by atoms with Crippen molar-refractivity contribution in [2.24, 2.45) is 0 Å². The number of sulfonamides is 1. The fraction of sp³-hybridized carbons (Fsp3) is 0.259. The van der Waals surface area contributed by atoms with Crippen LogP contribution in [0.3, 0.4) is 0 Å². The number of aliphatic hydroxyl groups excluding tert-OH is 1. The monoisotopic (exact) mass is 582 g/mol. The van der Waals surface area contributed by atoms with Gasteiger partial charge in [-0.25, -0.2) is 8.42 Å². The van der Waals surface area contributed by atoms with Gasteiger partial charge in [0.05, 0.1) is 20.5 Å². The number of benzene rings is 3. The molecule has 0 unspecified atom stereocenters. The van der Waals surface area contributed by atoms with E-state index in [0.717, 1.165) is 39.2 Å². The average Bonchev–Trinajstić information content (AvgIpc) is 2.87. The maximum Gasteiger partial charge on any atom is 0.417 e. The highest BCUT2D eigenvalue weighted by Crippen LogP contribution is 2.43. The minimum Gasteiger partial charge on any atom is -0.378 e. The van der Waals surface area contributed by atoms with E-state index < -0.39 is 44.8 Å². The molecule has 3 aromatic carbocycles. The Hall–Kier alpha value is -2.40. The van der Waals surface area contributed by atoms with E-state index >= 15 is 0 Å². The molecule has 0 amide bonds. The van der Waals surface area contributed by atoms with E-state index in [9.17, 15) is 26.7 Å². The molecule has 0 aliphatic carbocycles. The van der Waals surface area contributed by atoms with Crippen molar-refractivity contribution in [2.75, 3.05) is 19.6 Å². The van der Waals surface area contributed by atoms with Gasteiger partial charge >= 0.3 is 6.18 Å². The van der Waals surface area contributed by atoms with Gasteiger partial charge in [-0.2, -0.15) is 17.5 Å². The third-order valence-electron chi connectivity index (χ3n) is 7.05. The molecule has 38 heavy (non-hydrogen) atoms. The van der Waals surface area contributed by atoms with Gasteiger partial charge in [-0.15, -0.1) is 0 Å². The average molecular weight is 583 g/mol. The number of halogens is 5. The van der Waals surface area contributed by atoms with Crippen LogP contribution in [0.5, 0.6) is 0 Å². The van der Waals surface area contributed by atoms with E-state index in [1.807, 2.05) is 30.3 Å². The quantitative estimate of drug-likeness (QED) is 0.382. The molecule has 0 bridgehead atoms. The summed E-state index contributed by atoms with van der Waals surface area (Å²) in [5.41, 5.74) is 1.14. The Morgan fingerprint density at radius 2 is 1.58 bits per heavy atom. The molecule has 2 aliphatic rings. The minimum absolute atomic E-state index is 0.0755. The minimum atomic E-state index is -4.82. The number of aliphatic hydroxyl groups is 1. The van der Waals surface area contributed by atoms with Crippen molar-refractivity contribution in [3.8, 4) is 11.1 Å². The SMILES string of the molecule is O=S(=O)(c1ccccc1C(F)(F)F)N1C/C=C\CN2[C@H](O)[C@@H](c3ccc(-c4cccc(Cl)c4Cl)cc3)[C@@H]2C1. The lowest BCUT2D eigenvalue weighted by molar-refractivity contribution is -0.140. The molecule has 0 radical (unpaired) electrons. The first-order valence-corrected chi connectivity index (χ1v) is 14.0. The maximum absolute atomic E-state index is 13.6. The first kappa shape index (κ1) is 27.2. The van der Waals surface area contributed by atoms with E-state index in [0.29, 0.717) is 16.6 Å². The normalized spacial score (nSPS) is 23.7. The first-order chi connectivity index (χ1) is 18.0. The molecule has 3 atom stereocenters. The summed E-state index contributed by atoms with van der Waals surface area (Å²) in [5.74, 6) is -0.444. The van der Waals surface area contributed by atoms with Crippen LogP contribution in [-0.2, 0) is 16.2 Å². The second-order valence-electron chi connectivity index (χ2n) is 9.21. The molecule has 1 fully saturated rings. The second-order valence-corrected chi connectivity index (χ2v) is 11.9. The zero-order valence-corrected chi connectivity index (χ0v) is 22.1. The van der Waals surface area contributed by atoms with Gasteiger partial charge in [-0.05, 0) is 29.3 Å². The van der Waals surface area contributed by atoms with Gasteiger partial charge in [0.1, 0.15) is 6.23 Å². The van der Waals surface area contributed by atoms with Crippen LogP contribution in [0.2, 0.25) is 10.0 Å². The van der Waals surface area contributed by atoms with Crippen LogP contribution < -0.4 is 0 Å². The summed E-state index contributed by atoms with van der Waals surface area (Å²) in [7, 11) is -4.49. The van der Waals surface area contributed by atoms with Crippen molar-refractivity contribution in [2.45, 2.75) is 29.3 Å². The van der Waals surface area contributed by atoms with Crippen molar-refractivity contribution < 1.29 is 26.7 Å². The summed E-state index contributed by atoms with van der Waals surface area (Å²) in [6.07, 6.45) is -2.39.